The minimum Gasteiger partial charge on any atom is -0.497 e. The fourth-order valence-electron chi connectivity index (χ4n) is 1.90. The molecule has 0 aromatic heterocycles. The van der Waals surface area contributed by atoms with E-state index in [9.17, 15) is 9.59 Å². The second kappa shape index (κ2) is 3.58. The lowest BCUT2D eigenvalue weighted by Gasteiger charge is -2.21. The predicted octanol–water partition coefficient (Wildman–Crippen LogP) is 2.30. The van der Waals surface area contributed by atoms with Gasteiger partial charge in [0.2, 0.25) is 0 Å². The number of cyclic esters (lactones) is 2. The molecule has 1 aliphatic heterocycles. The third-order valence-corrected chi connectivity index (χ3v) is 2.77. The summed E-state index contributed by atoms with van der Waals surface area (Å²) < 4.78 is 9.77. The fraction of sp³-hybridized carbons (Fsp3) is 0.385. The van der Waals surface area contributed by atoms with E-state index in [1.807, 2.05) is 20.8 Å². The molecule has 0 bridgehead atoms. The van der Waals surface area contributed by atoms with Crippen molar-refractivity contribution in [3.63, 3.8) is 0 Å². The third-order valence-electron chi connectivity index (χ3n) is 2.77. The topological polar surface area (TPSA) is 52.6 Å². The van der Waals surface area contributed by atoms with Gasteiger partial charge < -0.3 is 9.47 Å². The molecule has 90 valence electrons. The summed E-state index contributed by atoms with van der Waals surface area (Å²) in [5.41, 5.74) is 1.16. The third kappa shape index (κ3) is 1.79. The molecule has 1 aromatic carbocycles. The zero-order chi connectivity index (χ0) is 12.8. The minimum absolute atomic E-state index is 0.262. The van der Waals surface area contributed by atoms with Gasteiger partial charge in [0.15, 0.2) is 0 Å². The molecule has 2 rings (SSSR count). The second-order valence-electron chi connectivity index (χ2n) is 5.02. The summed E-state index contributed by atoms with van der Waals surface area (Å²) in [5, 5.41) is 0. The van der Waals surface area contributed by atoms with Crippen molar-refractivity contribution in [2.75, 3.05) is 7.11 Å². The van der Waals surface area contributed by atoms with Gasteiger partial charge in [-0.15, -0.1) is 0 Å². The molecule has 4 nitrogen and oxygen atoms in total. The Morgan fingerprint density at radius 1 is 1.12 bits per heavy atom. The molecule has 0 N–H and O–H groups in total. The molecule has 0 saturated carbocycles. The summed E-state index contributed by atoms with van der Waals surface area (Å²) in [6, 6.07) is 3.32. The molecule has 0 fully saturated rings. The summed E-state index contributed by atoms with van der Waals surface area (Å²) in [4.78, 5) is 23.2. The van der Waals surface area contributed by atoms with E-state index in [0.717, 1.165) is 5.56 Å². The van der Waals surface area contributed by atoms with Gasteiger partial charge in [-0.25, -0.2) is 9.59 Å². The molecular formula is C13H14O4. The molecule has 0 spiro atoms. The van der Waals surface area contributed by atoms with E-state index >= 15 is 0 Å². The molecule has 1 aliphatic rings. The van der Waals surface area contributed by atoms with Gasteiger partial charge in [-0.3, -0.25) is 0 Å². The van der Waals surface area contributed by atoms with E-state index < -0.39 is 11.9 Å². The van der Waals surface area contributed by atoms with Crippen LogP contribution in [0.3, 0.4) is 0 Å². The zero-order valence-corrected chi connectivity index (χ0v) is 10.3. The lowest BCUT2D eigenvalue weighted by Crippen LogP contribution is -2.16. The Morgan fingerprint density at radius 3 is 2.29 bits per heavy atom. The van der Waals surface area contributed by atoms with Crippen LogP contribution in [0.5, 0.6) is 5.75 Å². The first kappa shape index (κ1) is 11.6. The van der Waals surface area contributed by atoms with Crippen LogP contribution in [-0.2, 0) is 10.2 Å². The van der Waals surface area contributed by atoms with Gasteiger partial charge in [0.1, 0.15) is 5.75 Å². The van der Waals surface area contributed by atoms with Gasteiger partial charge in [-0.2, -0.15) is 0 Å². The maximum atomic E-state index is 11.7. The van der Waals surface area contributed by atoms with E-state index in [-0.39, 0.29) is 5.41 Å². The summed E-state index contributed by atoms with van der Waals surface area (Å²) >= 11 is 0. The van der Waals surface area contributed by atoms with E-state index in [0.29, 0.717) is 16.9 Å². The van der Waals surface area contributed by atoms with E-state index in [1.54, 1.807) is 6.07 Å². The molecule has 17 heavy (non-hydrogen) atoms. The van der Waals surface area contributed by atoms with Gasteiger partial charge in [0.25, 0.3) is 0 Å². The van der Waals surface area contributed by atoms with Gasteiger partial charge in [0.05, 0.1) is 18.2 Å². The van der Waals surface area contributed by atoms with Crippen molar-refractivity contribution in [2.45, 2.75) is 26.2 Å². The number of carbonyl (C=O) groups is 2. The van der Waals surface area contributed by atoms with Crippen molar-refractivity contribution in [3.05, 3.63) is 28.8 Å². The number of rotatable bonds is 1. The number of carbonyl (C=O) groups excluding carboxylic acids is 2. The summed E-state index contributed by atoms with van der Waals surface area (Å²) in [6.45, 7) is 5.91. The van der Waals surface area contributed by atoms with Crippen LogP contribution in [0, 0.1) is 0 Å². The molecular weight excluding hydrogens is 220 g/mol. The first-order valence-electron chi connectivity index (χ1n) is 5.33. The van der Waals surface area contributed by atoms with Gasteiger partial charge in [-0.05, 0) is 23.1 Å². The van der Waals surface area contributed by atoms with Crippen LogP contribution in [-0.4, -0.2) is 19.0 Å². The Bertz CT molecular complexity index is 509. The van der Waals surface area contributed by atoms with Crippen LogP contribution in [0.4, 0.5) is 0 Å². The Morgan fingerprint density at radius 2 is 1.76 bits per heavy atom. The smallest absolute Gasteiger partial charge is 0.347 e. The van der Waals surface area contributed by atoms with E-state index in [1.165, 1.54) is 13.2 Å². The molecule has 1 aromatic rings. The number of benzene rings is 1. The Balaban J connectivity index is 2.75. The highest BCUT2D eigenvalue weighted by Gasteiger charge is 2.36. The molecule has 4 heteroatoms. The average molecular weight is 234 g/mol. The number of hydrogen-bond acceptors (Lipinski definition) is 4. The maximum Gasteiger partial charge on any atom is 0.347 e. The minimum atomic E-state index is -0.602. The van der Waals surface area contributed by atoms with Crippen LogP contribution in [0.25, 0.3) is 0 Å². The van der Waals surface area contributed by atoms with Crippen molar-refractivity contribution in [2.24, 2.45) is 0 Å². The molecule has 0 radical (unpaired) electrons. The Kier molecular flexibility index (Phi) is 2.45. The van der Waals surface area contributed by atoms with Gasteiger partial charge >= 0.3 is 11.9 Å². The summed E-state index contributed by atoms with van der Waals surface area (Å²) in [5.74, 6) is -0.618. The molecule has 0 atom stereocenters. The Labute approximate surface area is 99.5 Å². The predicted molar refractivity (Wildman–Crippen MR) is 61.4 cm³/mol. The molecule has 0 aliphatic carbocycles. The number of fused-ring (bicyclic) bond motifs is 1. The summed E-state index contributed by atoms with van der Waals surface area (Å²) in [7, 11) is 1.52. The van der Waals surface area contributed by atoms with Crippen LogP contribution in [0.2, 0.25) is 0 Å². The van der Waals surface area contributed by atoms with Crippen molar-refractivity contribution in [3.8, 4) is 5.75 Å². The van der Waals surface area contributed by atoms with E-state index in [4.69, 9.17) is 4.74 Å². The van der Waals surface area contributed by atoms with Crippen molar-refractivity contribution >= 4 is 11.9 Å². The van der Waals surface area contributed by atoms with E-state index in [2.05, 4.69) is 4.74 Å². The monoisotopic (exact) mass is 234 g/mol. The van der Waals surface area contributed by atoms with Crippen LogP contribution < -0.4 is 4.74 Å². The standard InChI is InChI=1S/C13H14O4/c1-13(2,3)9-6-7(16-4)5-8-10(9)12(15)17-11(8)14/h5-6H,1-4H3. The zero-order valence-electron chi connectivity index (χ0n) is 10.3. The lowest BCUT2D eigenvalue weighted by atomic mass is 9.82. The second-order valence-corrected chi connectivity index (χ2v) is 5.02. The largest absolute Gasteiger partial charge is 0.497 e. The molecule has 0 unspecified atom stereocenters. The first-order chi connectivity index (χ1) is 7.84. The van der Waals surface area contributed by atoms with Crippen molar-refractivity contribution < 1.29 is 19.1 Å². The quantitative estimate of drug-likeness (QED) is 0.552. The molecule has 1 heterocycles. The Hall–Kier alpha value is -1.84. The SMILES string of the molecule is COc1cc2c(c(C(C)(C)C)c1)C(=O)OC2=O. The lowest BCUT2D eigenvalue weighted by molar-refractivity contribution is 0.0443. The number of hydrogen-bond donors (Lipinski definition) is 0. The fourth-order valence-corrected chi connectivity index (χ4v) is 1.90. The van der Waals surface area contributed by atoms with Crippen LogP contribution in [0.15, 0.2) is 12.1 Å². The van der Waals surface area contributed by atoms with Gasteiger partial charge in [0, 0.05) is 0 Å². The molecule has 0 saturated heterocycles. The van der Waals surface area contributed by atoms with Crippen molar-refractivity contribution in [1.82, 2.24) is 0 Å². The highest BCUT2D eigenvalue weighted by atomic mass is 16.6. The van der Waals surface area contributed by atoms with Crippen molar-refractivity contribution in [1.29, 1.82) is 0 Å². The number of esters is 2. The van der Waals surface area contributed by atoms with Crippen LogP contribution >= 0.6 is 0 Å². The highest BCUT2D eigenvalue weighted by Crippen LogP contribution is 2.35. The van der Waals surface area contributed by atoms with Crippen LogP contribution in [0.1, 0.15) is 47.1 Å². The first-order valence-corrected chi connectivity index (χ1v) is 5.33. The maximum absolute atomic E-state index is 11.7. The molecule has 0 amide bonds. The average Bonchev–Trinajstić information content (AvgIpc) is 2.52. The summed E-state index contributed by atoms with van der Waals surface area (Å²) in [6.07, 6.45) is 0. The highest BCUT2D eigenvalue weighted by molar-refractivity contribution is 6.15. The van der Waals surface area contributed by atoms with Gasteiger partial charge in [-0.1, -0.05) is 20.8 Å². The number of methoxy groups -OCH3 is 1. The number of ether oxygens (including phenoxy) is 2. The normalized spacial score (nSPS) is 14.6.